The molecule has 4 aliphatic rings. The molecule has 2 saturated heterocycles. The Morgan fingerprint density at radius 2 is 1.88 bits per heavy atom. The molecule has 0 bridgehead atoms. The molecule has 32 heavy (non-hydrogen) atoms. The highest BCUT2D eigenvalue weighted by Gasteiger charge is 2.55. The van der Waals surface area contributed by atoms with Crippen molar-refractivity contribution < 1.29 is 4.79 Å². The molecule has 1 amide bonds. The Balaban J connectivity index is 1.39. The van der Waals surface area contributed by atoms with Crippen molar-refractivity contribution in [3.05, 3.63) is 59.1 Å². The number of rotatable bonds is 2. The highest BCUT2D eigenvalue weighted by Crippen LogP contribution is 2.51. The second-order valence-corrected chi connectivity index (χ2v) is 10.3. The Morgan fingerprint density at radius 3 is 2.72 bits per heavy atom. The average Bonchev–Trinajstić information content (AvgIpc) is 3.15. The predicted molar refractivity (Wildman–Crippen MR) is 129 cm³/mol. The van der Waals surface area contributed by atoms with E-state index in [-0.39, 0.29) is 5.54 Å². The summed E-state index contributed by atoms with van der Waals surface area (Å²) in [5.41, 5.74) is 3.04. The molecule has 1 aliphatic carbocycles. The minimum Gasteiger partial charge on any atom is -0.371 e. The van der Waals surface area contributed by atoms with Crippen molar-refractivity contribution in [2.24, 2.45) is 16.8 Å². The van der Waals surface area contributed by atoms with E-state index in [0.717, 1.165) is 60.9 Å². The second kappa shape index (κ2) is 7.80. The lowest BCUT2D eigenvalue weighted by atomic mass is 9.65. The first kappa shape index (κ1) is 20.1. The molecule has 3 heterocycles. The maximum Gasteiger partial charge on any atom is 0.222 e. The van der Waals surface area contributed by atoms with Gasteiger partial charge in [-0.05, 0) is 67.7 Å². The number of hydrogen-bond donors (Lipinski definition) is 2. The number of hydrogen-bond acceptors (Lipinski definition) is 3. The van der Waals surface area contributed by atoms with Crippen molar-refractivity contribution in [2.75, 3.05) is 17.2 Å². The molecule has 3 aliphatic heterocycles. The van der Waals surface area contributed by atoms with E-state index in [9.17, 15) is 4.79 Å². The molecule has 0 unspecified atom stereocenters. The van der Waals surface area contributed by atoms with Gasteiger partial charge in [-0.1, -0.05) is 41.9 Å². The molecule has 6 heteroatoms. The molecular weight excluding hydrogens is 420 g/mol. The first-order chi connectivity index (χ1) is 15.6. The standard InChI is InChI=1S/C26H29ClN4O/c27-20-9-10-21-22(13-20)30-26(25(29-21)28-16-17-5-2-1-3-6-17)14-18-7-4-8-23(32)31-12-11-19(15-26)24(18)31/h1-3,5-6,9-10,13,18-19,24,30H,4,7-8,11-12,14-16H2,(H,28,29)/t18-,19+,24-,26+/m1/s1. The maximum absolute atomic E-state index is 12.7. The van der Waals surface area contributed by atoms with Crippen molar-refractivity contribution in [1.29, 1.82) is 0 Å². The van der Waals surface area contributed by atoms with Gasteiger partial charge in [0.1, 0.15) is 5.84 Å². The Labute approximate surface area is 194 Å². The summed E-state index contributed by atoms with van der Waals surface area (Å²) in [5.74, 6) is 2.40. The first-order valence-electron chi connectivity index (χ1n) is 11.8. The summed E-state index contributed by atoms with van der Waals surface area (Å²) in [4.78, 5) is 20.0. The number of halogens is 1. The zero-order valence-electron chi connectivity index (χ0n) is 18.2. The predicted octanol–water partition coefficient (Wildman–Crippen LogP) is 5.33. The van der Waals surface area contributed by atoms with E-state index in [1.807, 2.05) is 24.3 Å². The van der Waals surface area contributed by atoms with Crippen LogP contribution in [0, 0.1) is 11.8 Å². The zero-order valence-corrected chi connectivity index (χ0v) is 18.9. The fourth-order valence-corrected chi connectivity index (χ4v) is 6.77. The molecule has 166 valence electrons. The normalized spacial score (nSPS) is 32.2. The molecular formula is C26H29ClN4O. The molecule has 2 N–H and O–H groups in total. The Hall–Kier alpha value is -2.53. The largest absolute Gasteiger partial charge is 0.371 e. The molecule has 2 aromatic rings. The van der Waals surface area contributed by atoms with Gasteiger partial charge in [0.15, 0.2) is 0 Å². The van der Waals surface area contributed by atoms with Gasteiger partial charge in [-0.15, -0.1) is 0 Å². The third-order valence-electron chi connectivity index (χ3n) is 7.90. The van der Waals surface area contributed by atoms with Gasteiger partial charge in [0.2, 0.25) is 5.91 Å². The van der Waals surface area contributed by atoms with E-state index in [4.69, 9.17) is 16.6 Å². The number of anilines is 2. The minimum absolute atomic E-state index is 0.248. The number of amidine groups is 1. The fraction of sp³-hybridized carbons (Fsp3) is 0.462. The third kappa shape index (κ3) is 3.38. The number of aliphatic imine (C=N–C) groups is 1. The molecule has 6 rings (SSSR count). The van der Waals surface area contributed by atoms with Gasteiger partial charge in [-0.2, -0.15) is 0 Å². The van der Waals surface area contributed by atoms with Gasteiger partial charge in [0.05, 0.1) is 23.5 Å². The molecule has 3 fully saturated rings. The summed E-state index contributed by atoms with van der Waals surface area (Å²) in [7, 11) is 0. The van der Waals surface area contributed by atoms with Crippen LogP contribution in [0.4, 0.5) is 11.4 Å². The number of fused-ring (bicyclic) bond motifs is 1. The number of nitrogens with one attached hydrogen (secondary N) is 2. The van der Waals surface area contributed by atoms with E-state index >= 15 is 0 Å². The van der Waals surface area contributed by atoms with Crippen molar-refractivity contribution in [2.45, 2.75) is 56.7 Å². The molecule has 4 atom stereocenters. The van der Waals surface area contributed by atoms with E-state index in [0.29, 0.717) is 36.8 Å². The molecule has 2 aromatic carbocycles. The average molecular weight is 449 g/mol. The molecule has 1 saturated carbocycles. The van der Waals surface area contributed by atoms with Crippen LogP contribution in [0.2, 0.25) is 5.02 Å². The summed E-state index contributed by atoms with van der Waals surface area (Å²) in [5, 5.41) is 8.32. The maximum atomic E-state index is 12.7. The minimum atomic E-state index is -0.248. The fourth-order valence-electron chi connectivity index (χ4n) is 6.60. The quantitative estimate of drug-likeness (QED) is 0.653. The van der Waals surface area contributed by atoms with E-state index in [1.165, 1.54) is 5.56 Å². The number of carbonyl (C=O) groups excluding carboxylic acids is 1. The van der Waals surface area contributed by atoms with Crippen molar-refractivity contribution >= 4 is 34.7 Å². The summed E-state index contributed by atoms with van der Waals surface area (Å²) in [6.45, 7) is 1.56. The van der Waals surface area contributed by atoms with Crippen LogP contribution in [0.1, 0.15) is 44.1 Å². The van der Waals surface area contributed by atoms with Crippen LogP contribution in [0.25, 0.3) is 0 Å². The van der Waals surface area contributed by atoms with E-state index in [1.54, 1.807) is 0 Å². The van der Waals surface area contributed by atoms with Crippen LogP contribution >= 0.6 is 11.6 Å². The Bertz CT molecular complexity index is 1070. The van der Waals surface area contributed by atoms with Crippen molar-refractivity contribution in [3.63, 3.8) is 0 Å². The molecule has 0 radical (unpaired) electrons. The van der Waals surface area contributed by atoms with E-state index in [2.05, 4.69) is 39.8 Å². The number of nitrogens with zero attached hydrogens (tertiary/aromatic N) is 2. The van der Waals surface area contributed by atoms with Crippen LogP contribution in [0.5, 0.6) is 0 Å². The smallest absolute Gasteiger partial charge is 0.222 e. The lowest BCUT2D eigenvalue weighted by molar-refractivity contribution is -0.132. The van der Waals surface area contributed by atoms with Crippen LogP contribution in [-0.2, 0) is 11.3 Å². The lowest BCUT2D eigenvalue weighted by Crippen LogP contribution is -2.60. The van der Waals surface area contributed by atoms with Crippen LogP contribution in [-0.4, -0.2) is 34.8 Å². The Kier molecular flexibility index (Phi) is 4.90. The third-order valence-corrected chi connectivity index (χ3v) is 8.13. The number of benzene rings is 2. The topological polar surface area (TPSA) is 56.7 Å². The van der Waals surface area contributed by atoms with Gasteiger partial charge in [0.25, 0.3) is 0 Å². The first-order valence-corrected chi connectivity index (χ1v) is 12.2. The van der Waals surface area contributed by atoms with Crippen LogP contribution < -0.4 is 10.6 Å². The monoisotopic (exact) mass is 448 g/mol. The Morgan fingerprint density at radius 1 is 1.06 bits per heavy atom. The lowest BCUT2D eigenvalue weighted by Gasteiger charge is -2.51. The van der Waals surface area contributed by atoms with Gasteiger partial charge in [0, 0.05) is 24.0 Å². The van der Waals surface area contributed by atoms with E-state index < -0.39 is 0 Å². The van der Waals surface area contributed by atoms with Gasteiger partial charge in [-0.25, -0.2) is 0 Å². The van der Waals surface area contributed by atoms with Gasteiger partial charge >= 0.3 is 0 Å². The van der Waals surface area contributed by atoms with Gasteiger partial charge < -0.3 is 15.5 Å². The van der Waals surface area contributed by atoms with Gasteiger partial charge in [-0.3, -0.25) is 9.79 Å². The summed E-state index contributed by atoms with van der Waals surface area (Å²) in [6, 6.07) is 16.8. The SMILES string of the molecule is O=C1CCC[C@@H]2C[C@@]3(C[C@@H]4CCN1[C@H]24)Nc1cc(Cl)ccc1NC3=NCc1ccccc1. The van der Waals surface area contributed by atoms with Crippen LogP contribution in [0.3, 0.4) is 0 Å². The molecule has 0 aromatic heterocycles. The highest BCUT2D eigenvalue weighted by molar-refractivity contribution is 6.31. The number of amides is 1. The van der Waals surface area contributed by atoms with Crippen LogP contribution in [0.15, 0.2) is 53.5 Å². The van der Waals surface area contributed by atoms with Crippen molar-refractivity contribution in [3.8, 4) is 0 Å². The summed E-state index contributed by atoms with van der Waals surface area (Å²) < 4.78 is 0. The summed E-state index contributed by atoms with van der Waals surface area (Å²) >= 11 is 6.35. The van der Waals surface area contributed by atoms with Crippen molar-refractivity contribution in [1.82, 2.24) is 4.90 Å². The highest BCUT2D eigenvalue weighted by atomic mass is 35.5. The number of carbonyl (C=O) groups is 1. The second-order valence-electron chi connectivity index (χ2n) is 9.86. The molecule has 1 spiro atoms. The zero-order chi connectivity index (χ0) is 21.7. The summed E-state index contributed by atoms with van der Waals surface area (Å²) in [6.07, 6.45) is 5.87. The molecule has 5 nitrogen and oxygen atoms in total.